The Balaban J connectivity index is 1.43. The van der Waals surface area contributed by atoms with Crippen molar-refractivity contribution in [1.82, 2.24) is 14.2 Å². The summed E-state index contributed by atoms with van der Waals surface area (Å²) >= 11 is 7.87. The van der Waals surface area contributed by atoms with Crippen molar-refractivity contribution in [1.29, 1.82) is 0 Å². The van der Waals surface area contributed by atoms with Gasteiger partial charge in [-0.2, -0.15) is 4.31 Å². The van der Waals surface area contributed by atoms with E-state index < -0.39 is 10.0 Å². The molecule has 2 heterocycles. The van der Waals surface area contributed by atoms with Crippen LogP contribution >= 0.6 is 22.9 Å². The number of piperazine rings is 1. The number of carbonyl (C=O) groups is 1. The third-order valence-electron chi connectivity index (χ3n) is 6.02. The van der Waals surface area contributed by atoms with Gasteiger partial charge in [0.25, 0.3) is 5.91 Å². The van der Waals surface area contributed by atoms with Gasteiger partial charge in [-0.3, -0.25) is 4.79 Å². The first-order valence-corrected chi connectivity index (χ1v) is 13.6. The fraction of sp³-hybridized carbons (Fsp3) is 0.391. The molecule has 0 bridgehead atoms. The molecule has 1 aliphatic heterocycles. The second-order valence-electron chi connectivity index (χ2n) is 7.91. The van der Waals surface area contributed by atoms with E-state index in [-0.39, 0.29) is 10.8 Å². The molecule has 2 aromatic carbocycles. The Morgan fingerprint density at radius 3 is 2.30 bits per heavy atom. The average Bonchev–Trinajstić information content (AvgIpc) is 3.27. The normalized spacial score (nSPS) is 14.9. The number of aromatic nitrogens is 1. The first kappa shape index (κ1) is 23.9. The molecule has 1 aliphatic rings. The standard InChI is InChI=1S/C23H27ClN4O3S2/c1-4-28(5-2)33(30,31)18-8-6-17(7-9-18)22(29)26-12-14-27(15-13-26)23-25-21-16(3)19(24)10-11-20(21)32-23/h6-11H,4-5,12-15H2,1-3H3. The number of hydrogen-bond donors (Lipinski definition) is 0. The number of hydrogen-bond acceptors (Lipinski definition) is 6. The quantitative estimate of drug-likeness (QED) is 0.499. The van der Waals surface area contributed by atoms with Crippen molar-refractivity contribution < 1.29 is 13.2 Å². The average molecular weight is 507 g/mol. The highest BCUT2D eigenvalue weighted by Crippen LogP contribution is 2.34. The largest absolute Gasteiger partial charge is 0.345 e. The summed E-state index contributed by atoms with van der Waals surface area (Å²) in [5.41, 5.74) is 2.41. The van der Waals surface area contributed by atoms with E-state index >= 15 is 0 Å². The molecule has 1 amide bonds. The molecule has 176 valence electrons. The Hall–Kier alpha value is -2.20. The number of benzene rings is 2. The summed E-state index contributed by atoms with van der Waals surface area (Å²) in [6.45, 7) is 8.94. The van der Waals surface area contributed by atoms with Crippen LogP contribution in [0.25, 0.3) is 10.2 Å². The van der Waals surface area contributed by atoms with Crippen molar-refractivity contribution >= 4 is 54.2 Å². The van der Waals surface area contributed by atoms with Crippen LogP contribution in [0.3, 0.4) is 0 Å². The van der Waals surface area contributed by atoms with Crippen LogP contribution in [0.5, 0.6) is 0 Å². The number of sulfonamides is 1. The highest BCUT2D eigenvalue weighted by molar-refractivity contribution is 7.89. The molecule has 1 saturated heterocycles. The van der Waals surface area contributed by atoms with E-state index in [1.165, 1.54) is 16.4 Å². The van der Waals surface area contributed by atoms with Crippen LogP contribution < -0.4 is 4.90 Å². The molecule has 1 aromatic heterocycles. The molecule has 3 aromatic rings. The zero-order valence-corrected chi connectivity index (χ0v) is 21.3. The van der Waals surface area contributed by atoms with Gasteiger partial charge in [0.15, 0.2) is 5.13 Å². The van der Waals surface area contributed by atoms with Crippen LogP contribution in [0.15, 0.2) is 41.3 Å². The molecule has 1 fully saturated rings. The minimum Gasteiger partial charge on any atom is -0.345 e. The Kier molecular flexibility index (Phi) is 6.95. The Morgan fingerprint density at radius 2 is 1.70 bits per heavy atom. The van der Waals surface area contributed by atoms with Gasteiger partial charge in [0.2, 0.25) is 10.0 Å². The zero-order valence-electron chi connectivity index (χ0n) is 18.9. The van der Waals surface area contributed by atoms with Gasteiger partial charge in [0.1, 0.15) is 0 Å². The Bertz CT molecular complexity index is 1260. The molecule has 0 aliphatic carbocycles. The van der Waals surface area contributed by atoms with Crippen molar-refractivity contribution in [2.45, 2.75) is 25.7 Å². The molecular formula is C23H27ClN4O3S2. The third kappa shape index (κ3) is 4.59. The second kappa shape index (κ2) is 9.58. The zero-order chi connectivity index (χ0) is 23.8. The molecular weight excluding hydrogens is 480 g/mol. The molecule has 10 heteroatoms. The number of aryl methyl sites for hydroxylation is 1. The van der Waals surface area contributed by atoms with E-state index in [9.17, 15) is 13.2 Å². The number of halogens is 1. The monoisotopic (exact) mass is 506 g/mol. The molecule has 4 rings (SSSR count). The van der Waals surface area contributed by atoms with E-state index in [2.05, 4.69) is 4.90 Å². The summed E-state index contributed by atoms with van der Waals surface area (Å²) in [7, 11) is -3.54. The fourth-order valence-corrected chi connectivity index (χ4v) is 6.68. The Morgan fingerprint density at radius 1 is 1.06 bits per heavy atom. The summed E-state index contributed by atoms with van der Waals surface area (Å²) < 4.78 is 27.8. The molecule has 0 saturated carbocycles. The smallest absolute Gasteiger partial charge is 0.253 e. The predicted molar refractivity (Wildman–Crippen MR) is 134 cm³/mol. The second-order valence-corrected chi connectivity index (χ2v) is 11.3. The lowest BCUT2D eigenvalue weighted by Gasteiger charge is -2.34. The minimum absolute atomic E-state index is 0.0895. The minimum atomic E-state index is -3.54. The van der Waals surface area contributed by atoms with Gasteiger partial charge in [0, 0.05) is 49.9 Å². The van der Waals surface area contributed by atoms with Crippen LogP contribution in [0.4, 0.5) is 5.13 Å². The number of carbonyl (C=O) groups excluding carboxylic acids is 1. The highest BCUT2D eigenvalue weighted by Gasteiger charge is 2.26. The number of anilines is 1. The lowest BCUT2D eigenvalue weighted by Crippen LogP contribution is -2.48. The van der Waals surface area contributed by atoms with Crippen LogP contribution in [0.1, 0.15) is 29.8 Å². The first-order chi connectivity index (χ1) is 15.8. The van der Waals surface area contributed by atoms with Crippen LogP contribution in [0.2, 0.25) is 5.02 Å². The summed E-state index contributed by atoms with van der Waals surface area (Å²) in [6, 6.07) is 10.1. The van der Waals surface area contributed by atoms with Gasteiger partial charge >= 0.3 is 0 Å². The maximum absolute atomic E-state index is 13.0. The lowest BCUT2D eigenvalue weighted by atomic mass is 10.2. The van der Waals surface area contributed by atoms with Crippen molar-refractivity contribution in [3.63, 3.8) is 0 Å². The SMILES string of the molecule is CCN(CC)S(=O)(=O)c1ccc(C(=O)N2CCN(c3nc4c(C)c(Cl)ccc4s3)CC2)cc1. The number of thiazole rings is 1. The lowest BCUT2D eigenvalue weighted by molar-refractivity contribution is 0.0746. The predicted octanol–water partition coefficient (Wildman–Crippen LogP) is 4.25. The molecule has 0 radical (unpaired) electrons. The molecule has 33 heavy (non-hydrogen) atoms. The number of amides is 1. The summed E-state index contributed by atoms with van der Waals surface area (Å²) in [5, 5.41) is 1.65. The molecule has 0 N–H and O–H groups in total. The molecule has 7 nitrogen and oxygen atoms in total. The van der Waals surface area contributed by atoms with Gasteiger partial charge in [-0.15, -0.1) is 0 Å². The van der Waals surface area contributed by atoms with E-state index in [1.54, 1.807) is 28.4 Å². The first-order valence-electron chi connectivity index (χ1n) is 11.0. The van der Waals surface area contributed by atoms with Gasteiger partial charge in [-0.05, 0) is 48.9 Å². The summed E-state index contributed by atoms with van der Waals surface area (Å²) in [5.74, 6) is -0.0895. The maximum Gasteiger partial charge on any atom is 0.253 e. The van der Waals surface area contributed by atoms with Gasteiger partial charge in [-0.1, -0.05) is 36.8 Å². The fourth-order valence-electron chi connectivity index (χ4n) is 3.99. The Labute approximate surface area is 203 Å². The summed E-state index contributed by atoms with van der Waals surface area (Å²) in [6.07, 6.45) is 0. The molecule has 0 atom stereocenters. The van der Waals surface area contributed by atoms with Gasteiger partial charge in [-0.25, -0.2) is 13.4 Å². The van der Waals surface area contributed by atoms with Crippen molar-refractivity contribution in [3.8, 4) is 0 Å². The summed E-state index contributed by atoms with van der Waals surface area (Å²) in [4.78, 5) is 22.0. The maximum atomic E-state index is 13.0. The number of nitrogens with zero attached hydrogens (tertiary/aromatic N) is 4. The van der Waals surface area contributed by atoms with E-state index in [1.807, 2.05) is 32.9 Å². The van der Waals surface area contributed by atoms with Crippen LogP contribution in [-0.2, 0) is 10.0 Å². The number of fused-ring (bicyclic) bond motifs is 1. The van der Waals surface area contributed by atoms with Crippen molar-refractivity contribution in [2.24, 2.45) is 0 Å². The van der Waals surface area contributed by atoms with Crippen molar-refractivity contribution in [3.05, 3.63) is 52.5 Å². The topological polar surface area (TPSA) is 73.8 Å². The van der Waals surface area contributed by atoms with Gasteiger partial charge in [0.05, 0.1) is 15.1 Å². The van der Waals surface area contributed by atoms with Crippen molar-refractivity contribution in [2.75, 3.05) is 44.2 Å². The third-order valence-corrected chi connectivity index (χ3v) is 9.57. The van der Waals surface area contributed by atoms with Crippen LogP contribution in [-0.4, -0.2) is 67.8 Å². The highest BCUT2D eigenvalue weighted by atomic mass is 35.5. The van der Waals surface area contributed by atoms with Crippen LogP contribution in [0, 0.1) is 6.92 Å². The number of rotatable bonds is 6. The molecule has 0 unspecified atom stereocenters. The van der Waals surface area contributed by atoms with E-state index in [0.717, 1.165) is 20.9 Å². The van der Waals surface area contributed by atoms with E-state index in [0.29, 0.717) is 49.9 Å². The van der Waals surface area contributed by atoms with E-state index in [4.69, 9.17) is 16.6 Å². The van der Waals surface area contributed by atoms with Gasteiger partial charge < -0.3 is 9.80 Å². The molecule has 0 spiro atoms.